The molecule has 0 aliphatic heterocycles. The second-order valence-corrected chi connectivity index (χ2v) is 3.08. The van der Waals surface area contributed by atoms with Crippen LogP contribution in [0.2, 0.25) is 0 Å². The van der Waals surface area contributed by atoms with Crippen molar-refractivity contribution in [1.82, 2.24) is 24.8 Å². The van der Waals surface area contributed by atoms with Crippen molar-refractivity contribution in [2.45, 2.75) is 11.9 Å². The van der Waals surface area contributed by atoms with E-state index in [9.17, 15) is 0 Å². The average molecular weight is 181 g/mol. The van der Waals surface area contributed by atoms with Crippen LogP contribution in [-0.4, -0.2) is 31.1 Å². The molecule has 0 aliphatic carbocycles. The number of hydrogen-bond donors (Lipinski definition) is 0. The molecule has 0 unspecified atom stereocenters. The van der Waals surface area contributed by atoms with E-state index in [1.165, 1.54) is 0 Å². The molecule has 0 radical (unpaired) electrons. The highest BCUT2D eigenvalue weighted by Gasteiger charge is 2.03. The van der Waals surface area contributed by atoms with E-state index >= 15 is 0 Å². The van der Waals surface area contributed by atoms with Gasteiger partial charge in [0.1, 0.15) is 11.4 Å². The minimum absolute atomic E-state index is 0.546. The van der Waals surface area contributed by atoms with Crippen LogP contribution in [0.5, 0.6) is 0 Å². The van der Waals surface area contributed by atoms with Crippen molar-refractivity contribution in [1.29, 1.82) is 0 Å². The van der Waals surface area contributed by atoms with Crippen LogP contribution in [0.4, 0.5) is 0 Å². The van der Waals surface area contributed by atoms with Crippen LogP contribution < -0.4 is 0 Å². The van der Waals surface area contributed by atoms with Crippen molar-refractivity contribution in [2.24, 2.45) is 0 Å². The number of aromatic nitrogens is 5. The van der Waals surface area contributed by atoms with Gasteiger partial charge < -0.3 is 0 Å². The molecule has 0 N–H and O–H groups in total. The van der Waals surface area contributed by atoms with Gasteiger partial charge in [-0.25, -0.2) is 4.98 Å². The highest BCUT2D eigenvalue weighted by atomic mass is 32.2. The summed E-state index contributed by atoms with van der Waals surface area (Å²) in [5.41, 5.74) is 0.898. The Labute approximate surface area is 73.2 Å². The van der Waals surface area contributed by atoms with Crippen molar-refractivity contribution in [2.75, 3.05) is 6.26 Å². The van der Waals surface area contributed by atoms with Crippen LogP contribution in [0.3, 0.4) is 0 Å². The molecule has 5 nitrogen and oxygen atoms in total. The van der Waals surface area contributed by atoms with Gasteiger partial charge in [-0.2, -0.15) is 9.61 Å². The minimum atomic E-state index is 0.546. The third-order valence-electron chi connectivity index (χ3n) is 1.48. The van der Waals surface area contributed by atoms with Gasteiger partial charge in [0.25, 0.3) is 5.78 Å². The Morgan fingerprint density at radius 1 is 1.50 bits per heavy atom. The van der Waals surface area contributed by atoms with E-state index in [1.807, 2.05) is 13.2 Å². The zero-order valence-corrected chi connectivity index (χ0v) is 7.54. The lowest BCUT2D eigenvalue weighted by Gasteiger charge is -1.98. The van der Waals surface area contributed by atoms with Crippen molar-refractivity contribution >= 4 is 17.5 Å². The molecule has 0 amide bonds. The molecule has 6 heteroatoms. The van der Waals surface area contributed by atoms with Gasteiger partial charge in [0.05, 0.1) is 5.69 Å². The van der Waals surface area contributed by atoms with E-state index < -0.39 is 0 Å². The van der Waals surface area contributed by atoms with Crippen molar-refractivity contribution in [3.63, 3.8) is 0 Å². The van der Waals surface area contributed by atoms with E-state index in [2.05, 4.69) is 20.3 Å². The van der Waals surface area contributed by atoms with Crippen molar-refractivity contribution in [3.8, 4) is 0 Å². The molecule has 2 aromatic heterocycles. The highest BCUT2D eigenvalue weighted by Crippen LogP contribution is 2.14. The molecule has 0 bridgehead atoms. The normalized spacial score (nSPS) is 10.8. The van der Waals surface area contributed by atoms with E-state index in [0.717, 1.165) is 10.7 Å². The molecule has 0 atom stereocenters. The maximum atomic E-state index is 4.24. The van der Waals surface area contributed by atoms with E-state index in [4.69, 9.17) is 0 Å². The number of aryl methyl sites for hydroxylation is 1. The van der Waals surface area contributed by atoms with Gasteiger partial charge >= 0.3 is 0 Å². The maximum Gasteiger partial charge on any atom is 0.272 e. The molecule has 0 aliphatic rings. The lowest BCUT2D eigenvalue weighted by Crippen LogP contribution is -1.98. The van der Waals surface area contributed by atoms with Gasteiger partial charge in [-0.15, -0.1) is 22.0 Å². The summed E-state index contributed by atoms with van der Waals surface area (Å²) < 4.78 is 1.56. The minimum Gasteiger partial charge on any atom is -0.201 e. The Hall–Kier alpha value is -1.17. The molecule has 12 heavy (non-hydrogen) atoms. The maximum absolute atomic E-state index is 4.24. The van der Waals surface area contributed by atoms with Gasteiger partial charge in [0, 0.05) is 0 Å². The van der Waals surface area contributed by atoms with Gasteiger partial charge in [-0.1, -0.05) is 0 Å². The molecular formula is C6H7N5S. The third kappa shape index (κ3) is 1.04. The molecule has 0 saturated heterocycles. The predicted octanol–water partition coefficient (Wildman–Crippen LogP) is 0.550. The van der Waals surface area contributed by atoms with Gasteiger partial charge in [0.15, 0.2) is 0 Å². The summed E-state index contributed by atoms with van der Waals surface area (Å²) in [4.78, 5) is 4.24. The lowest BCUT2D eigenvalue weighted by atomic mass is 10.5. The highest BCUT2D eigenvalue weighted by molar-refractivity contribution is 7.98. The van der Waals surface area contributed by atoms with Crippen LogP contribution >= 0.6 is 11.8 Å². The number of hydrogen-bond acceptors (Lipinski definition) is 5. The Bertz CT molecular complexity index is 409. The summed E-state index contributed by atoms with van der Waals surface area (Å²) in [5, 5.41) is 12.6. The van der Waals surface area contributed by atoms with Crippen LogP contribution in [0.1, 0.15) is 5.69 Å². The van der Waals surface area contributed by atoms with E-state index in [0.29, 0.717) is 5.78 Å². The summed E-state index contributed by atoms with van der Waals surface area (Å²) >= 11 is 1.56. The van der Waals surface area contributed by atoms with E-state index in [-0.39, 0.29) is 0 Å². The van der Waals surface area contributed by atoms with Crippen LogP contribution in [0, 0.1) is 6.92 Å². The Morgan fingerprint density at radius 3 is 3.08 bits per heavy atom. The Kier molecular flexibility index (Phi) is 1.69. The first-order valence-corrected chi connectivity index (χ1v) is 4.62. The second-order valence-electron chi connectivity index (χ2n) is 2.28. The molecule has 2 rings (SSSR count). The third-order valence-corrected chi connectivity index (χ3v) is 2.25. The predicted molar refractivity (Wildman–Crippen MR) is 45.1 cm³/mol. The summed E-state index contributed by atoms with van der Waals surface area (Å²) in [6, 6.07) is 0. The second kappa shape index (κ2) is 2.71. The monoisotopic (exact) mass is 181 g/mol. The fourth-order valence-electron chi connectivity index (χ4n) is 0.937. The smallest absolute Gasteiger partial charge is 0.201 e. The molecule has 0 spiro atoms. The standard InChI is InChI=1S/C6H7N5S/c1-4-5(12-2)8-6-9-7-3-11(6)10-4/h3H,1-2H3. The van der Waals surface area contributed by atoms with Crippen LogP contribution in [0.15, 0.2) is 11.4 Å². The summed E-state index contributed by atoms with van der Waals surface area (Å²) in [5.74, 6) is 0.546. The first-order chi connectivity index (χ1) is 5.81. The topological polar surface area (TPSA) is 56.0 Å². The number of thioether (sulfide) groups is 1. The fraction of sp³-hybridized carbons (Fsp3) is 0.333. The lowest BCUT2D eigenvalue weighted by molar-refractivity contribution is 0.820. The molecule has 0 saturated carbocycles. The first kappa shape index (κ1) is 7.48. The van der Waals surface area contributed by atoms with Crippen molar-refractivity contribution < 1.29 is 0 Å². The zero-order valence-electron chi connectivity index (χ0n) is 6.72. The van der Waals surface area contributed by atoms with Gasteiger partial charge in [0.2, 0.25) is 0 Å². The zero-order chi connectivity index (χ0) is 8.55. The average Bonchev–Trinajstić information content (AvgIpc) is 2.49. The van der Waals surface area contributed by atoms with Crippen LogP contribution in [-0.2, 0) is 0 Å². The summed E-state index contributed by atoms with van der Waals surface area (Å²) in [6.07, 6.45) is 3.50. The largest absolute Gasteiger partial charge is 0.272 e. The summed E-state index contributed by atoms with van der Waals surface area (Å²) in [7, 11) is 0. The molecule has 2 heterocycles. The molecule has 62 valence electrons. The van der Waals surface area contributed by atoms with Crippen molar-refractivity contribution in [3.05, 3.63) is 12.0 Å². The molecular weight excluding hydrogens is 174 g/mol. The number of fused-ring (bicyclic) bond motifs is 1. The van der Waals surface area contributed by atoms with Crippen LogP contribution in [0.25, 0.3) is 5.78 Å². The number of nitrogens with zero attached hydrogens (tertiary/aromatic N) is 5. The number of rotatable bonds is 1. The SMILES string of the molecule is CSc1nc2nncn2nc1C. The molecule has 0 fully saturated rings. The van der Waals surface area contributed by atoms with Gasteiger partial charge in [-0.05, 0) is 13.2 Å². The Morgan fingerprint density at radius 2 is 2.33 bits per heavy atom. The Balaban J connectivity index is 2.73. The van der Waals surface area contributed by atoms with Gasteiger partial charge in [-0.3, -0.25) is 0 Å². The van der Waals surface area contributed by atoms with E-state index in [1.54, 1.807) is 22.6 Å². The fourth-order valence-corrected chi connectivity index (χ4v) is 1.45. The molecule has 2 aromatic rings. The first-order valence-electron chi connectivity index (χ1n) is 3.40. The molecule has 0 aromatic carbocycles. The summed E-state index contributed by atoms with van der Waals surface area (Å²) in [6.45, 7) is 1.91. The quantitative estimate of drug-likeness (QED) is 0.601.